The van der Waals surface area contributed by atoms with E-state index >= 15 is 0 Å². The quantitative estimate of drug-likeness (QED) is 0.212. The minimum atomic E-state index is -3.92. The number of aromatic nitrogens is 2. The topological polar surface area (TPSA) is 25.8 Å². The molecule has 2 aromatic heterocycles. The average molecular weight is 701 g/mol. The molecule has 2 nitrogen and oxygen atoms in total. The predicted molar refractivity (Wildman–Crippen MR) is 188 cm³/mol. The Balaban J connectivity index is 0.902. The maximum atomic E-state index is 5.39. The van der Waals surface area contributed by atoms with Crippen LogP contribution in [0.15, 0.2) is 48.8 Å². The van der Waals surface area contributed by atoms with Gasteiger partial charge in [0.05, 0.1) is 0 Å². The number of pyridine rings is 2. The molecule has 0 radical (unpaired) electrons. The first-order valence-electron chi connectivity index (χ1n) is 20.4. The molecule has 8 bridgehead atoms. The van der Waals surface area contributed by atoms with Gasteiger partial charge in [0.2, 0.25) is 0 Å². The summed E-state index contributed by atoms with van der Waals surface area (Å²) in [5.74, 6) is 9.00. The van der Waals surface area contributed by atoms with E-state index in [0.717, 1.165) is 51.7 Å². The summed E-state index contributed by atoms with van der Waals surface area (Å²) in [7, 11) is 3.85. The Morgan fingerprint density at radius 3 is 1.43 bits per heavy atom. The van der Waals surface area contributed by atoms with Gasteiger partial charge in [-0.05, 0) is 0 Å². The van der Waals surface area contributed by atoms with Gasteiger partial charge in [0.25, 0.3) is 0 Å². The van der Waals surface area contributed by atoms with Crippen LogP contribution in [-0.2, 0) is 11.7 Å². The van der Waals surface area contributed by atoms with Crippen LogP contribution in [0.4, 0.5) is 0 Å². The van der Waals surface area contributed by atoms with Crippen LogP contribution >= 0.6 is 17.2 Å². The molecule has 20 rings (SSSR count). The van der Waals surface area contributed by atoms with Gasteiger partial charge in [-0.2, -0.15) is 0 Å². The second-order valence-electron chi connectivity index (χ2n) is 23.6. The molecule has 2 aromatic rings. The van der Waals surface area contributed by atoms with Gasteiger partial charge in [0.1, 0.15) is 0 Å². The van der Waals surface area contributed by atoms with E-state index in [1.807, 2.05) is 6.16 Å². The second-order valence-corrected chi connectivity index (χ2v) is 50.4. The van der Waals surface area contributed by atoms with Crippen molar-refractivity contribution in [3.63, 3.8) is 0 Å². The van der Waals surface area contributed by atoms with Crippen molar-refractivity contribution in [1.29, 1.82) is 0 Å². The Hall–Kier alpha value is -0.321. The Morgan fingerprint density at radius 1 is 0.617 bits per heavy atom. The van der Waals surface area contributed by atoms with Crippen molar-refractivity contribution in [1.82, 2.24) is 9.97 Å². The summed E-state index contributed by atoms with van der Waals surface area (Å²) in [6.07, 6.45) is 22.6. The molecule has 10 aliphatic heterocycles. The average Bonchev–Trinajstić information content (AvgIpc) is 4.03. The van der Waals surface area contributed by atoms with E-state index < -0.39 is 6.51 Å². The van der Waals surface area contributed by atoms with Crippen molar-refractivity contribution < 1.29 is 6.51 Å². The van der Waals surface area contributed by atoms with Gasteiger partial charge < -0.3 is 0 Å². The third-order valence-electron chi connectivity index (χ3n) is 27.4. The van der Waals surface area contributed by atoms with Crippen LogP contribution < -0.4 is 0 Å². The fourth-order valence-electron chi connectivity index (χ4n) is 29.9. The molecule has 6 unspecified atom stereocenters. The molecule has 18 aliphatic rings. The van der Waals surface area contributed by atoms with Gasteiger partial charge in [-0.3, -0.25) is 0 Å². The molecule has 0 aromatic carbocycles. The van der Waals surface area contributed by atoms with Crippen LogP contribution in [0.2, 0.25) is 47.2 Å². The zero-order chi connectivity index (χ0) is 29.8. The molecular formula is C42H50FeN2P2. The second kappa shape index (κ2) is 4.24. The van der Waals surface area contributed by atoms with Crippen molar-refractivity contribution in [2.24, 2.45) is 47.3 Å². The van der Waals surface area contributed by atoms with Gasteiger partial charge in [-0.1, -0.05) is 0 Å². The van der Waals surface area contributed by atoms with E-state index in [9.17, 15) is 0 Å². The van der Waals surface area contributed by atoms with E-state index in [4.69, 9.17) is 9.97 Å². The van der Waals surface area contributed by atoms with Crippen LogP contribution in [0.25, 0.3) is 0 Å². The van der Waals surface area contributed by atoms with E-state index in [1.165, 1.54) is 61.2 Å². The summed E-state index contributed by atoms with van der Waals surface area (Å²) >= 11 is 0. The first-order chi connectivity index (χ1) is 22.8. The summed E-state index contributed by atoms with van der Waals surface area (Å²) in [6, 6.07) is 14.0. The number of rotatable bonds is 7. The molecule has 8 aliphatic carbocycles. The van der Waals surface area contributed by atoms with Crippen molar-refractivity contribution in [2.45, 2.75) is 128 Å². The maximum absolute atomic E-state index is 5.39. The van der Waals surface area contributed by atoms with E-state index in [0.29, 0.717) is 4.31 Å². The zero-order valence-corrected chi connectivity index (χ0v) is 30.7. The van der Waals surface area contributed by atoms with Crippen molar-refractivity contribution in [2.75, 3.05) is 6.16 Å². The Morgan fingerprint density at radius 2 is 1.06 bits per heavy atom. The predicted octanol–water partition coefficient (Wildman–Crippen LogP) is 10.9. The van der Waals surface area contributed by atoms with E-state index in [1.54, 1.807) is 64.2 Å². The van der Waals surface area contributed by atoms with Gasteiger partial charge in [0, 0.05) is 0 Å². The summed E-state index contributed by atoms with van der Waals surface area (Å²) in [6.45, 7) is -3.92. The Bertz CT molecular complexity index is 2160. The zero-order valence-electron chi connectivity index (χ0n) is 27.6. The summed E-state index contributed by atoms with van der Waals surface area (Å²) in [5.41, 5.74) is 5.15. The summed E-state index contributed by atoms with van der Waals surface area (Å²) in [4.78, 5) is 21.2. The SMILES string of the molecule is PC(c1ccccn1)(c1ccccn1)[C]12[CH]3[CH]4[CH]5[C]1(CP(C1C6CC7CC(C6)CC1C7)C1C6CC7CC(C6)CC1C7)[Fe]45321678[CH]2[CH]1[CH]6[CH]7[CH]28. The molecule has 18 fully saturated rings. The molecule has 12 heterocycles. The van der Waals surface area contributed by atoms with Crippen LogP contribution in [0.3, 0.4) is 0 Å². The normalized spacial score (nSPS) is 76.6. The van der Waals surface area contributed by atoms with Crippen molar-refractivity contribution in [3.8, 4) is 0 Å². The molecular weight excluding hydrogens is 650 g/mol. The number of fused-ring (bicyclic) bond motifs is 10. The third kappa shape index (κ3) is 0.787. The molecule has 0 N–H and O–H groups in total. The van der Waals surface area contributed by atoms with Crippen molar-refractivity contribution in [3.05, 3.63) is 60.2 Å². The first kappa shape index (κ1) is 24.0. The third-order valence-corrected chi connectivity index (χ3v) is 76.6. The molecule has 246 valence electrons. The van der Waals surface area contributed by atoms with Gasteiger partial charge in [0.15, 0.2) is 0 Å². The van der Waals surface area contributed by atoms with Gasteiger partial charge >= 0.3 is 275 Å². The van der Waals surface area contributed by atoms with E-state index in [-0.39, 0.29) is 13.1 Å². The van der Waals surface area contributed by atoms with E-state index in [2.05, 4.69) is 58.0 Å². The van der Waals surface area contributed by atoms with Crippen molar-refractivity contribution >= 4 is 17.2 Å². The first-order valence-corrected chi connectivity index (χ1v) is 28.9. The molecule has 8 saturated carbocycles. The fourth-order valence-corrected chi connectivity index (χ4v) is 119. The van der Waals surface area contributed by atoms with Gasteiger partial charge in [-0.15, -0.1) is 0 Å². The Kier molecular flexibility index (Phi) is 2.17. The molecule has 47 heavy (non-hydrogen) atoms. The molecule has 1 spiro atoms. The molecule has 5 heteroatoms. The molecule has 0 amide bonds. The van der Waals surface area contributed by atoms with Crippen LogP contribution in [0.1, 0.15) is 75.6 Å². The molecule has 6 atom stereocenters. The number of hydrogen-bond acceptors (Lipinski definition) is 2. The molecule has 10 saturated heterocycles. The van der Waals surface area contributed by atoms with Crippen LogP contribution in [0, 0.1) is 47.3 Å². The number of nitrogens with zero attached hydrogens (tertiary/aromatic N) is 2. The van der Waals surface area contributed by atoms with Crippen LogP contribution in [0.5, 0.6) is 0 Å². The summed E-state index contributed by atoms with van der Waals surface area (Å²) in [5, 5.41) is -0.0328. The van der Waals surface area contributed by atoms with Crippen LogP contribution in [-0.4, -0.2) is 27.4 Å². The number of hydrogen-bond donors (Lipinski definition) is 0. The Labute approximate surface area is 273 Å². The summed E-state index contributed by atoms with van der Waals surface area (Å²) < 4.78 is 1.46. The standard InChI is InChI=1S/C37H45N2P2.C5H5.Fe/c40-37(33-8-1-3-10-38-33,34-9-2-4-11-39-34)32-7-5-6-27(32)22-41(35-28-14-23-12-24(16-28)17-29(35)15-23)36-30-18-25-13-26(20-30)21-31(36)19-25;1-2-4-5-3-1;/h1-11,23-26,28-31,35-36H,12-22,40H2;1-5H;. The van der Waals surface area contributed by atoms with Gasteiger partial charge in [-0.25, -0.2) is 0 Å². The fraction of sp³-hybridized carbons (Fsp3) is 0.762. The monoisotopic (exact) mass is 700 g/mol. The minimum absolute atomic E-state index is 0.0328.